The maximum Gasteiger partial charge on any atom is 0.134 e. The number of rotatable bonds is 7. The van der Waals surface area contributed by atoms with Gasteiger partial charge in [0.25, 0.3) is 0 Å². The molecule has 1 atom stereocenters. The lowest BCUT2D eigenvalue weighted by molar-refractivity contribution is 0.439. The third-order valence-corrected chi connectivity index (χ3v) is 4.83. The van der Waals surface area contributed by atoms with Gasteiger partial charge in [0.15, 0.2) is 0 Å². The van der Waals surface area contributed by atoms with Gasteiger partial charge in [0, 0.05) is 16.6 Å². The third-order valence-electron chi connectivity index (χ3n) is 4.42. The highest BCUT2D eigenvalue weighted by molar-refractivity contribution is 6.31. The number of benzene rings is 2. The summed E-state index contributed by atoms with van der Waals surface area (Å²) < 4.78 is 6.01. The van der Waals surface area contributed by atoms with Gasteiger partial charge in [-0.3, -0.25) is 0 Å². The molecule has 3 rings (SSSR count). The van der Waals surface area contributed by atoms with Gasteiger partial charge in [0.05, 0.1) is 6.54 Å². The van der Waals surface area contributed by atoms with E-state index in [0.717, 1.165) is 40.5 Å². The van der Waals surface area contributed by atoms with Crippen LogP contribution in [0.1, 0.15) is 42.7 Å². The smallest absolute Gasteiger partial charge is 0.134 e. The molecule has 1 N–H and O–H groups in total. The van der Waals surface area contributed by atoms with E-state index in [9.17, 15) is 0 Å². The summed E-state index contributed by atoms with van der Waals surface area (Å²) in [6.45, 7) is 4.92. The molecule has 3 aromatic rings. The van der Waals surface area contributed by atoms with Gasteiger partial charge >= 0.3 is 0 Å². The van der Waals surface area contributed by atoms with Crippen LogP contribution in [0.4, 0.5) is 0 Å². The second kappa shape index (κ2) is 8.37. The zero-order valence-corrected chi connectivity index (χ0v) is 15.5. The molecular weight excluding hydrogens is 330 g/mol. The van der Waals surface area contributed by atoms with Crippen LogP contribution >= 0.6 is 11.6 Å². The van der Waals surface area contributed by atoms with Crippen LogP contribution in [0, 0.1) is 6.92 Å². The number of aryl methyl sites for hydroxylation is 1. The molecule has 0 aliphatic carbocycles. The van der Waals surface area contributed by atoms with E-state index in [0.29, 0.717) is 12.6 Å². The summed E-state index contributed by atoms with van der Waals surface area (Å²) in [6.07, 6.45) is 2.24. The third kappa shape index (κ3) is 4.53. The van der Waals surface area contributed by atoms with Crippen LogP contribution in [0.3, 0.4) is 0 Å². The molecule has 0 aliphatic heterocycles. The molecule has 3 heteroatoms. The molecule has 0 saturated heterocycles. The van der Waals surface area contributed by atoms with Gasteiger partial charge < -0.3 is 9.73 Å². The molecule has 0 amide bonds. The summed E-state index contributed by atoms with van der Waals surface area (Å²) in [7, 11) is 0. The summed E-state index contributed by atoms with van der Waals surface area (Å²) in [5.41, 5.74) is 3.40. The van der Waals surface area contributed by atoms with E-state index in [1.54, 1.807) is 0 Å². The molecule has 0 spiro atoms. The van der Waals surface area contributed by atoms with Crippen molar-refractivity contribution in [3.63, 3.8) is 0 Å². The molecule has 0 aliphatic rings. The van der Waals surface area contributed by atoms with Crippen LogP contribution in [0.15, 0.2) is 65.1 Å². The molecule has 0 fully saturated rings. The van der Waals surface area contributed by atoms with Crippen molar-refractivity contribution in [2.45, 2.75) is 39.3 Å². The Morgan fingerprint density at radius 1 is 1.04 bits per heavy atom. The van der Waals surface area contributed by atoms with Crippen molar-refractivity contribution in [1.29, 1.82) is 0 Å². The highest BCUT2D eigenvalue weighted by Crippen LogP contribution is 2.27. The van der Waals surface area contributed by atoms with Crippen LogP contribution in [-0.4, -0.2) is 0 Å². The highest BCUT2D eigenvalue weighted by Gasteiger charge is 2.12. The van der Waals surface area contributed by atoms with Crippen LogP contribution in [0.25, 0.3) is 11.3 Å². The van der Waals surface area contributed by atoms with E-state index in [2.05, 4.69) is 42.6 Å². The van der Waals surface area contributed by atoms with Crippen molar-refractivity contribution in [3.8, 4) is 11.3 Å². The van der Waals surface area contributed by atoms with E-state index in [4.69, 9.17) is 16.0 Å². The first-order valence-corrected chi connectivity index (χ1v) is 9.18. The van der Waals surface area contributed by atoms with Crippen LogP contribution in [-0.2, 0) is 6.54 Å². The highest BCUT2D eigenvalue weighted by atomic mass is 35.5. The molecule has 2 nitrogen and oxygen atoms in total. The Morgan fingerprint density at radius 3 is 2.56 bits per heavy atom. The van der Waals surface area contributed by atoms with E-state index in [1.165, 1.54) is 5.56 Å². The van der Waals surface area contributed by atoms with Gasteiger partial charge in [0.2, 0.25) is 0 Å². The van der Waals surface area contributed by atoms with Gasteiger partial charge in [-0.15, -0.1) is 0 Å². The minimum Gasteiger partial charge on any atom is -0.460 e. The van der Waals surface area contributed by atoms with Gasteiger partial charge in [-0.25, -0.2) is 0 Å². The number of nitrogens with one attached hydrogen (secondary N) is 1. The number of hydrogen-bond donors (Lipinski definition) is 1. The molecule has 1 aromatic heterocycles. The fourth-order valence-electron chi connectivity index (χ4n) is 2.96. The minimum absolute atomic E-state index is 0.341. The molecule has 2 aromatic carbocycles. The van der Waals surface area contributed by atoms with Crippen molar-refractivity contribution in [3.05, 3.63) is 82.6 Å². The van der Waals surface area contributed by atoms with Crippen LogP contribution in [0.2, 0.25) is 5.02 Å². The van der Waals surface area contributed by atoms with Crippen molar-refractivity contribution in [2.24, 2.45) is 0 Å². The first-order chi connectivity index (χ1) is 12.2. The van der Waals surface area contributed by atoms with Gasteiger partial charge in [-0.2, -0.15) is 0 Å². The zero-order valence-electron chi connectivity index (χ0n) is 14.8. The van der Waals surface area contributed by atoms with Gasteiger partial charge in [-0.1, -0.05) is 67.4 Å². The number of halogens is 1. The molecule has 1 heterocycles. The Labute approximate surface area is 154 Å². The predicted octanol–water partition coefficient (Wildman–Crippen LogP) is 6.54. The standard InChI is InChI=1S/C22H24ClNO/c1-3-7-21(17-8-5-4-6-9-17)24-15-19-12-13-22(25-19)18-11-10-16(2)20(23)14-18/h4-6,8-14,21,24H,3,7,15H2,1-2H3. The fraction of sp³-hybridized carbons (Fsp3) is 0.273. The lowest BCUT2D eigenvalue weighted by atomic mass is 10.0. The minimum atomic E-state index is 0.341. The molecule has 0 saturated carbocycles. The topological polar surface area (TPSA) is 25.2 Å². The zero-order chi connectivity index (χ0) is 17.6. The van der Waals surface area contributed by atoms with Crippen LogP contribution < -0.4 is 5.32 Å². The van der Waals surface area contributed by atoms with Crippen molar-refractivity contribution >= 4 is 11.6 Å². The number of furan rings is 1. The molecule has 25 heavy (non-hydrogen) atoms. The van der Waals surface area contributed by atoms with Gasteiger partial charge in [-0.05, 0) is 42.7 Å². The van der Waals surface area contributed by atoms with E-state index in [-0.39, 0.29) is 0 Å². The maximum absolute atomic E-state index is 6.22. The maximum atomic E-state index is 6.22. The summed E-state index contributed by atoms with van der Waals surface area (Å²) in [5, 5.41) is 4.38. The first kappa shape index (κ1) is 17.8. The Morgan fingerprint density at radius 2 is 1.84 bits per heavy atom. The first-order valence-electron chi connectivity index (χ1n) is 8.81. The monoisotopic (exact) mass is 353 g/mol. The SMILES string of the molecule is CCCC(NCc1ccc(-c2ccc(C)c(Cl)c2)o1)c1ccccc1. The molecule has 1 unspecified atom stereocenters. The summed E-state index contributed by atoms with van der Waals surface area (Å²) >= 11 is 6.22. The Kier molecular flexibility index (Phi) is 5.95. The lowest BCUT2D eigenvalue weighted by Crippen LogP contribution is -2.20. The molecule has 0 radical (unpaired) electrons. The Hall–Kier alpha value is -2.03. The average Bonchev–Trinajstić information content (AvgIpc) is 3.11. The van der Waals surface area contributed by atoms with E-state index in [1.807, 2.05) is 37.3 Å². The summed E-state index contributed by atoms with van der Waals surface area (Å²) in [6, 6.07) is 21.0. The second-order valence-electron chi connectivity index (χ2n) is 6.36. The summed E-state index contributed by atoms with van der Waals surface area (Å²) in [4.78, 5) is 0. The largest absolute Gasteiger partial charge is 0.460 e. The van der Waals surface area contributed by atoms with E-state index < -0.39 is 0 Å². The summed E-state index contributed by atoms with van der Waals surface area (Å²) in [5.74, 6) is 1.79. The van der Waals surface area contributed by atoms with Crippen molar-refractivity contribution < 1.29 is 4.42 Å². The average molecular weight is 354 g/mol. The van der Waals surface area contributed by atoms with Crippen molar-refractivity contribution in [2.75, 3.05) is 0 Å². The lowest BCUT2D eigenvalue weighted by Gasteiger charge is -2.17. The molecule has 130 valence electrons. The fourth-order valence-corrected chi connectivity index (χ4v) is 3.14. The van der Waals surface area contributed by atoms with Crippen molar-refractivity contribution in [1.82, 2.24) is 5.32 Å². The van der Waals surface area contributed by atoms with Gasteiger partial charge in [0.1, 0.15) is 11.5 Å². The molecule has 0 bridgehead atoms. The van der Waals surface area contributed by atoms with E-state index >= 15 is 0 Å². The quantitative estimate of drug-likeness (QED) is 0.521. The number of hydrogen-bond acceptors (Lipinski definition) is 2. The Bertz CT molecular complexity index is 810. The normalized spacial score (nSPS) is 12.3. The Balaban J connectivity index is 1.69. The van der Waals surface area contributed by atoms with Crippen LogP contribution in [0.5, 0.6) is 0 Å². The second-order valence-corrected chi connectivity index (χ2v) is 6.77. The molecular formula is C22H24ClNO. The predicted molar refractivity (Wildman–Crippen MR) is 105 cm³/mol.